The first-order valence-electron chi connectivity index (χ1n) is 5.43. The van der Waals surface area contributed by atoms with Crippen molar-refractivity contribution in [2.24, 2.45) is 0 Å². The van der Waals surface area contributed by atoms with Crippen molar-refractivity contribution >= 4 is 21.9 Å². The van der Waals surface area contributed by atoms with Gasteiger partial charge in [0.1, 0.15) is 12.4 Å². The van der Waals surface area contributed by atoms with E-state index in [-0.39, 0.29) is 13.2 Å². The van der Waals surface area contributed by atoms with Crippen molar-refractivity contribution in [3.8, 4) is 0 Å². The van der Waals surface area contributed by atoms with Crippen LogP contribution >= 0.6 is 0 Å². The van der Waals surface area contributed by atoms with Crippen LogP contribution in [0.2, 0.25) is 0 Å². The summed E-state index contributed by atoms with van der Waals surface area (Å²) in [4.78, 5) is 12.8. The average Bonchev–Trinajstić information content (AvgIpc) is 2.68. The largest absolute Gasteiger partial charge is 0.447 e. The van der Waals surface area contributed by atoms with E-state index in [1.165, 1.54) is 29.2 Å². The number of rotatable bonds is 4. The molecule has 1 fully saturated rings. The zero-order valence-corrected chi connectivity index (χ0v) is 10.9. The van der Waals surface area contributed by atoms with Gasteiger partial charge in [0.25, 0.3) is 10.1 Å². The fourth-order valence-corrected chi connectivity index (χ4v) is 2.11. The van der Waals surface area contributed by atoms with Gasteiger partial charge in [0.2, 0.25) is 0 Å². The van der Waals surface area contributed by atoms with Gasteiger partial charge in [-0.1, -0.05) is 0 Å². The number of amides is 1. The number of carbonyl (C=O) groups is 1. The van der Waals surface area contributed by atoms with E-state index in [0.29, 0.717) is 5.69 Å². The molecule has 1 aromatic carbocycles. The van der Waals surface area contributed by atoms with Crippen molar-refractivity contribution in [1.82, 2.24) is 0 Å². The van der Waals surface area contributed by atoms with Gasteiger partial charge in [0.05, 0.1) is 18.9 Å². The highest BCUT2D eigenvalue weighted by Gasteiger charge is 2.35. The van der Waals surface area contributed by atoms with Crippen molar-refractivity contribution in [2.75, 3.05) is 24.4 Å². The summed E-state index contributed by atoms with van der Waals surface area (Å²) in [6, 6.07) is 4.67. The first-order valence-corrected chi connectivity index (χ1v) is 7.24. The Labute approximate surface area is 109 Å². The van der Waals surface area contributed by atoms with Crippen molar-refractivity contribution in [3.63, 3.8) is 0 Å². The molecule has 19 heavy (non-hydrogen) atoms. The molecule has 1 saturated heterocycles. The third-order valence-electron chi connectivity index (χ3n) is 2.54. The molecule has 0 saturated carbocycles. The van der Waals surface area contributed by atoms with Gasteiger partial charge in [-0.2, -0.15) is 8.42 Å². The summed E-state index contributed by atoms with van der Waals surface area (Å²) >= 11 is 0. The number of halogens is 1. The van der Waals surface area contributed by atoms with Gasteiger partial charge in [-0.25, -0.2) is 9.18 Å². The highest BCUT2D eigenvalue weighted by Crippen LogP contribution is 2.23. The van der Waals surface area contributed by atoms with E-state index in [4.69, 9.17) is 4.74 Å². The molecule has 104 valence electrons. The molecule has 1 atom stereocenters. The van der Waals surface area contributed by atoms with Crippen LogP contribution in [0.4, 0.5) is 14.9 Å². The number of anilines is 1. The second-order valence-electron chi connectivity index (χ2n) is 4.07. The predicted molar refractivity (Wildman–Crippen MR) is 64.8 cm³/mol. The Balaban J connectivity index is 2.16. The van der Waals surface area contributed by atoms with E-state index in [1.54, 1.807) is 0 Å². The highest BCUT2D eigenvalue weighted by atomic mass is 32.2. The van der Waals surface area contributed by atoms with Crippen LogP contribution in [-0.4, -0.2) is 40.0 Å². The van der Waals surface area contributed by atoms with Crippen LogP contribution in [0.1, 0.15) is 0 Å². The number of benzene rings is 1. The number of nitrogens with zero attached hydrogens (tertiary/aromatic N) is 1. The molecule has 0 N–H and O–H groups in total. The molecule has 1 aliphatic heterocycles. The van der Waals surface area contributed by atoms with Gasteiger partial charge < -0.3 is 4.74 Å². The molecule has 1 amide bonds. The van der Waals surface area contributed by atoms with Gasteiger partial charge in [0, 0.05) is 5.69 Å². The first-order chi connectivity index (χ1) is 8.87. The summed E-state index contributed by atoms with van der Waals surface area (Å²) < 4.78 is 44.2. The van der Waals surface area contributed by atoms with E-state index in [0.717, 1.165) is 6.26 Å². The zero-order valence-electron chi connectivity index (χ0n) is 10.1. The second kappa shape index (κ2) is 5.14. The lowest BCUT2D eigenvalue weighted by molar-refractivity contribution is 0.175. The highest BCUT2D eigenvalue weighted by molar-refractivity contribution is 7.85. The normalized spacial score (nSPS) is 19.6. The van der Waals surface area contributed by atoms with E-state index in [2.05, 4.69) is 4.18 Å². The number of hydrogen-bond donors (Lipinski definition) is 0. The maximum Gasteiger partial charge on any atom is 0.414 e. The number of ether oxygens (including phenoxy) is 1. The fraction of sp³-hybridized carbons (Fsp3) is 0.364. The molecule has 2 rings (SSSR count). The molecule has 0 radical (unpaired) electrons. The van der Waals surface area contributed by atoms with Crippen molar-refractivity contribution in [3.05, 3.63) is 30.1 Å². The van der Waals surface area contributed by atoms with Gasteiger partial charge >= 0.3 is 6.09 Å². The van der Waals surface area contributed by atoms with Crippen molar-refractivity contribution in [1.29, 1.82) is 0 Å². The van der Waals surface area contributed by atoms with E-state index >= 15 is 0 Å². The zero-order chi connectivity index (χ0) is 14.0. The van der Waals surface area contributed by atoms with E-state index in [1.807, 2.05) is 0 Å². The molecule has 0 bridgehead atoms. The molecule has 8 heteroatoms. The van der Waals surface area contributed by atoms with E-state index in [9.17, 15) is 17.6 Å². The quantitative estimate of drug-likeness (QED) is 0.777. The standard InChI is InChI=1S/C11H12FNO5S/c1-19(15,16)18-7-10-6-17-11(14)13(10)9-4-2-8(12)3-5-9/h2-5,10H,6-7H2,1H3/t10-/m1/s1. The minimum absolute atomic E-state index is 0.0196. The Morgan fingerprint density at radius 1 is 1.42 bits per heavy atom. The van der Waals surface area contributed by atoms with Crippen LogP contribution in [0.3, 0.4) is 0 Å². The van der Waals surface area contributed by atoms with Gasteiger partial charge in [-0.05, 0) is 24.3 Å². The SMILES string of the molecule is CS(=O)(=O)OC[C@H]1COC(=O)N1c1ccc(F)cc1. The average molecular weight is 289 g/mol. The summed E-state index contributed by atoms with van der Waals surface area (Å²) in [6.45, 7) is -0.187. The molecule has 0 unspecified atom stereocenters. The van der Waals surface area contributed by atoms with Crippen LogP contribution < -0.4 is 4.90 Å². The molecule has 0 aliphatic carbocycles. The lowest BCUT2D eigenvalue weighted by atomic mass is 10.2. The molecular formula is C11H12FNO5S. The number of cyclic esters (lactones) is 1. The molecule has 1 aromatic rings. The van der Waals surface area contributed by atoms with Crippen LogP contribution in [-0.2, 0) is 19.0 Å². The van der Waals surface area contributed by atoms with Gasteiger partial charge in [0.15, 0.2) is 0 Å². The van der Waals surface area contributed by atoms with Crippen LogP contribution in [0.15, 0.2) is 24.3 Å². The smallest absolute Gasteiger partial charge is 0.414 e. The topological polar surface area (TPSA) is 72.9 Å². The summed E-state index contributed by atoms with van der Waals surface area (Å²) in [7, 11) is -3.59. The minimum Gasteiger partial charge on any atom is -0.447 e. The Hall–Kier alpha value is -1.67. The third kappa shape index (κ3) is 3.42. The van der Waals surface area contributed by atoms with Crippen LogP contribution in [0, 0.1) is 5.82 Å². The fourth-order valence-electron chi connectivity index (χ4n) is 1.70. The van der Waals surface area contributed by atoms with Crippen LogP contribution in [0.25, 0.3) is 0 Å². The minimum atomic E-state index is -3.59. The molecule has 6 nitrogen and oxygen atoms in total. The van der Waals surface area contributed by atoms with Gasteiger partial charge in [-0.15, -0.1) is 0 Å². The molecule has 1 heterocycles. The predicted octanol–water partition coefficient (Wildman–Crippen LogP) is 1.13. The maximum atomic E-state index is 12.8. The second-order valence-corrected chi connectivity index (χ2v) is 5.71. The Kier molecular flexibility index (Phi) is 3.72. The third-order valence-corrected chi connectivity index (χ3v) is 3.10. The maximum absolute atomic E-state index is 12.8. The van der Waals surface area contributed by atoms with Crippen LogP contribution in [0.5, 0.6) is 0 Å². The van der Waals surface area contributed by atoms with E-state index < -0.39 is 28.1 Å². The summed E-state index contributed by atoms with van der Waals surface area (Å²) in [5.74, 6) is -0.430. The summed E-state index contributed by atoms with van der Waals surface area (Å²) in [5.41, 5.74) is 0.422. The lowest BCUT2D eigenvalue weighted by Crippen LogP contribution is -2.37. The molecule has 1 aliphatic rings. The van der Waals surface area contributed by atoms with Crippen molar-refractivity contribution in [2.45, 2.75) is 6.04 Å². The first kappa shape index (κ1) is 13.8. The summed E-state index contributed by atoms with van der Waals surface area (Å²) in [6.07, 6.45) is 0.307. The Morgan fingerprint density at radius 2 is 2.05 bits per heavy atom. The Bertz CT molecular complexity index is 571. The monoisotopic (exact) mass is 289 g/mol. The van der Waals surface area contributed by atoms with Gasteiger partial charge in [-0.3, -0.25) is 9.08 Å². The van der Waals surface area contributed by atoms with Crippen molar-refractivity contribution < 1.29 is 26.5 Å². The number of hydrogen-bond acceptors (Lipinski definition) is 5. The molecular weight excluding hydrogens is 277 g/mol. The molecule has 0 spiro atoms. The number of carbonyl (C=O) groups excluding carboxylic acids is 1. The lowest BCUT2D eigenvalue weighted by Gasteiger charge is -2.20. The molecule has 0 aromatic heterocycles. The Morgan fingerprint density at radius 3 is 2.63 bits per heavy atom. The summed E-state index contributed by atoms with van der Waals surface area (Å²) in [5, 5.41) is 0.